The highest BCUT2D eigenvalue weighted by Gasteiger charge is 2.15. The Hall–Kier alpha value is -0.340. The third-order valence-electron chi connectivity index (χ3n) is 4.05. The summed E-state index contributed by atoms with van der Waals surface area (Å²) >= 11 is 3.58. The van der Waals surface area contributed by atoms with Crippen LogP contribution < -0.4 is 5.32 Å². The summed E-state index contributed by atoms with van der Waals surface area (Å²) in [5.74, 6) is 0.835. The van der Waals surface area contributed by atoms with E-state index in [1.165, 1.54) is 47.7 Å². The first-order valence-electron chi connectivity index (χ1n) is 7.55. The Kier molecular flexibility index (Phi) is 7.70. The van der Waals surface area contributed by atoms with E-state index in [1.54, 1.807) is 0 Å². The molecule has 2 heteroatoms. The van der Waals surface area contributed by atoms with E-state index in [0.29, 0.717) is 6.04 Å². The lowest BCUT2D eigenvalue weighted by atomic mass is 9.89. The van der Waals surface area contributed by atoms with Crippen LogP contribution in [-0.2, 0) is 0 Å². The zero-order chi connectivity index (χ0) is 14.3. The summed E-state index contributed by atoms with van der Waals surface area (Å²) < 4.78 is 1.20. The van der Waals surface area contributed by atoms with Crippen molar-refractivity contribution < 1.29 is 0 Å². The standard InChI is InChI=1S/C17H28BrN/c1-5-7-8-14(6-2)12-17(19-4)15-9-10-16(18)13(3)11-15/h9-11,14,17,19H,5-8,12H2,1-4H3. The fourth-order valence-electron chi connectivity index (χ4n) is 2.62. The van der Waals surface area contributed by atoms with Crippen LogP contribution in [0.15, 0.2) is 22.7 Å². The van der Waals surface area contributed by atoms with Gasteiger partial charge >= 0.3 is 0 Å². The summed E-state index contributed by atoms with van der Waals surface area (Å²) in [5, 5.41) is 3.49. The molecule has 1 nitrogen and oxygen atoms in total. The predicted octanol–water partition coefficient (Wildman–Crippen LogP) is 5.62. The number of benzene rings is 1. The third-order valence-corrected chi connectivity index (χ3v) is 4.93. The van der Waals surface area contributed by atoms with Crippen molar-refractivity contribution in [3.05, 3.63) is 33.8 Å². The molecule has 1 aromatic rings. The van der Waals surface area contributed by atoms with Crippen molar-refractivity contribution in [1.82, 2.24) is 5.32 Å². The number of aryl methyl sites for hydroxylation is 1. The number of nitrogens with one attached hydrogen (secondary N) is 1. The van der Waals surface area contributed by atoms with Gasteiger partial charge in [0.1, 0.15) is 0 Å². The average molecular weight is 326 g/mol. The van der Waals surface area contributed by atoms with Crippen molar-refractivity contribution in [2.24, 2.45) is 5.92 Å². The molecule has 1 N–H and O–H groups in total. The van der Waals surface area contributed by atoms with E-state index in [4.69, 9.17) is 0 Å². The molecule has 0 fully saturated rings. The van der Waals surface area contributed by atoms with Crippen molar-refractivity contribution in [1.29, 1.82) is 0 Å². The maximum Gasteiger partial charge on any atom is 0.0320 e. The van der Waals surface area contributed by atoms with Crippen LogP contribution in [0, 0.1) is 12.8 Å². The van der Waals surface area contributed by atoms with Crippen LogP contribution in [0.25, 0.3) is 0 Å². The van der Waals surface area contributed by atoms with Gasteiger partial charge < -0.3 is 5.32 Å². The van der Waals surface area contributed by atoms with E-state index in [2.05, 4.69) is 67.3 Å². The van der Waals surface area contributed by atoms with Crippen LogP contribution in [0.5, 0.6) is 0 Å². The molecule has 0 spiro atoms. The molecule has 0 aromatic heterocycles. The second kappa shape index (κ2) is 8.76. The Morgan fingerprint density at radius 3 is 2.53 bits per heavy atom. The van der Waals surface area contributed by atoms with Crippen molar-refractivity contribution in [2.45, 2.75) is 58.9 Å². The minimum absolute atomic E-state index is 0.480. The summed E-state index contributed by atoms with van der Waals surface area (Å²) in [5.41, 5.74) is 2.73. The van der Waals surface area contributed by atoms with E-state index >= 15 is 0 Å². The highest BCUT2D eigenvalue weighted by molar-refractivity contribution is 9.10. The van der Waals surface area contributed by atoms with Gasteiger partial charge in [-0.25, -0.2) is 0 Å². The summed E-state index contributed by atoms with van der Waals surface area (Å²) in [6, 6.07) is 7.19. The Balaban J connectivity index is 2.72. The van der Waals surface area contributed by atoms with Crippen molar-refractivity contribution in [3.8, 4) is 0 Å². The maximum atomic E-state index is 3.58. The molecule has 19 heavy (non-hydrogen) atoms. The summed E-state index contributed by atoms with van der Waals surface area (Å²) in [6.07, 6.45) is 6.55. The summed E-state index contributed by atoms with van der Waals surface area (Å²) in [7, 11) is 2.08. The molecule has 0 amide bonds. The van der Waals surface area contributed by atoms with Crippen molar-refractivity contribution in [2.75, 3.05) is 7.05 Å². The van der Waals surface area contributed by atoms with E-state index < -0.39 is 0 Å². The van der Waals surface area contributed by atoms with Crippen LogP contribution >= 0.6 is 15.9 Å². The Morgan fingerprint density at radius 1 is 1.26 bits per heavy atom. The second-order valence-corrected chi connectivity index (χ2v) is 6.36. The molecule has 0 aliphatic carbocycles. The topological polar surface area (TPSA) is 12.0 Å². The Morgan fingerprint density at radius 2 is 2.00 bits per heavy atom. The first-order valence-corrected chi connectivity index (χ1v) is 8.34. The monoisotopic (exact) mass is 325 g/mol. The van der Waals surface area contributed by atoms with E-state index in [-0.39, 0.29) is 0 Å². The van der Waals surface area contributed by atoms with Crippen LogP contribution in [0.2, 0.25) is 0 Å². The summed E-state index contributed by atoms with van der Waals surface area (Å²) in [6.45, 7) is 6.76. The van der Waals surface area contributed by atoms with Crippen molar-refractivity contribution >= 4 is 15.9 Å². The Labute approximate surface area is 127 Å². The van der Waals surface area contributed by atoms with Gasteiger partial charge in [0, 0.05) is 10.5 Å². The molecule has 2 unspecified atom stereocenters. The van der Waals surface area contributed by atoms with Gasteiger partial charge in [-0.2, -0.15) is 0 Å². The normalized spacial score (nSPS) is 14.4. The molecule has 0 radical (unpaired) electrons. The molecular weight excluding hydrogens is 298 g/mol. The molecule has 0 heterocycles. The van der Waals surface area contributed by atoms with Gasteiger partial charge in [-0.3, -0.25) is 0 Å². The first kappa shape index (κ1) is 16.7. The molecule has 0 bridgehead atoms. The fraction of sp³-hybridized carbons (Fsp3) is 0.647. The van der Waals surface area contributed by atoms with E-state index in [0.717, 1.165) is 5.92 Å². The van der Waals surface area contributed by atoms with Crippen LogP contribution in [0.3, 0.4) is 0 Å². The largest absolute Gasteiger partial charge is 0.313 e. The lowest BCUT2D eigenvalue weighted by Crippen LogP contribution is -2.20. The molecule has 0 aliphatic rings. The molecule has 0 saturated carbocycles. The number of hydrogen-bond donors (Lipinski definition) is 1. The lowest BCUT2D eigenvalue weighted by molar-refractivity contribution is 0.365. The van der Waals surface area contributed by atoms with Gasteiger partial charge in [0.05, 0.1) is 0 Å². The van der Waals surface area contributed by atoms with Gasteiger partial charge in [-0.15, -0.1) is 0 Å². The molecule has 2 atom stereocenters. The smallest absolute Gasteiger partial charge is 0.0320 e. The van der Waals surface area contributed by atoms with E-state index in [1.807, 2.05) is 0 Å². The molecule has 0 aliphatic heterocycles. The lowest BCUT2D eigenvalue weighted by Gasteiger charge is -2.23. The number of rotatable bonds is 8. The average Bonchev–Trinajstić information content (AvgIpc) is 2.42. The minimum atomic E-state index is 0.480. The highest BCUT2D eigenvalue weighted by Crippen LogP contribution is 2.28. The Bertz CT molecular complexity index is 376. The number of hydrogen-bond acceptors (Lipinski definition) is 1. The third kappa shape index (κ3) is 5.27. The van der Waals surface area contributed by atoms with Crippen molar-refractivity contribution in [3.63, 3.8) is 0 Å². The minimum Gasteiger partial charge on any atom is -0.313 e. The van der Waals surface area contributed by atoms with Gasteiger partial charge in [-0.1, -0.05) is 67.6 Å². The maximum absolute atomic E-state index is 3.58. The van der Waals surface area contributed by atoms with Gasteiger partial charge in [0.15, 0.2) is 0 Å². The van der Waals surface area contributed by atoms with Crippen LogP contribution in [-0.4, -0.2) is 7.05 Å². The molecule has 1 aromatic carbocycles. The van der Waals surface area contributed by atoms with Crippen LogP contribution in [0.1, 0.15) is 63.1 Å². The first-order chi connectivity index (χ1) is 9.12. The van der Waals surface area contributed by atoms with Crippen LogP contribution in [0.4, 0.5) is 0 Å². The zero-order valence-corrected chi connectivity index (χ0v) is 14.4. The van der Waals surface area contributed by atoms with E-state index in [9.17, 15) is 0 Å². The van der Waals surface area contributed by atoms with Gasteiger partial charge in [-0.05, 0) is 43.5 Å². The second-order valence-electron chi connectivity index (χ2n) is 5.50. The highest BCUT2D eigenvalue weighted by atomic mass is 79.9. The fourth-order valence-corrected chi connectivity index (χ4v) is 2.87. The molecular formula is C17H28BrN. The zero-order valence-electron chi connectivity index (χ0n) is 12.8. The molecule has 0 saturated heterocycles. The predicted molar refractivity (Wildman–Crippen MR) is 88.6 cm³/mol. The quantitative estimate of drug-likeness (QED) is 0.653. The SMILES string of the molecule is CCCCC(CC)CC(NC)c1ccc(Br)c(C)c1. The molecule has 108 valence electrons. The number of unbranched alkanes of at least 4 members (excludes halogenated alkanes) is 1. The van der Waals surface area contributed by atoms with Gasteiger partial charge in [0.25, 0.3) is 0 Å². The molecule has 1 rings (SSSR count). The number of halogens is 1. The van der Waals surface area contributed by atoms with Gasteiger partial charge in [0.2, 0.25) is 0 Å². The summed E-state index contributed by atoms with van der Waals surface area (Å²) in [4.78, 5) is 0.